The monoisotopic (exact) mass is 579 g/mol. The predicted molar refractivity (Wildman–Crippen MR) is 158 cm³/mol. The first kappa shape index (κ1) is 30.1. The molecule has 2 aliphatic rings. The van der Waals surface area contributed by atoms with Crippen LogP contribution in [-0.2, 0) is 18.8 Å². The van der Waals surface area contributed by atoms with Crippen LogP contribution < -0.4 is 10.5 Å². The summed E-state index contributed by atoms with van der Waals surface area (Å²) < 4.78 is 46.3. The molecule has 2 N–H and O–H groups in total. The lowest BCUT2D eigenvalue weighted by molar-refractivity contribution is -0.0375. The van der Waals surface area contributed by atoms with E-state index >= 15 is 4.39 Å². The quantitative estimate of drug-likeness (QED) is 0.238. The van der Waals surface area contributed by atoms with Crippen molar-refractivity contribution >= 4 is 29.7 Å². The topological polar surface area (TPSA) is 107 Å². The number of ether oxygens (including phenoxy) is 3. The highest BCUT2D eigenvalue weighted by atomic mass is 19.1. The average Bonchev–Trinajstić information content (AvgIpc) is 3.40. The van der Waals surface area contributed by atoms with Gasteiger partial charge < -0.3 is 29.3 Å². The fourth-order valence-electron chi connectivity index (χ4n) is 5.40. The Morgan fingerprint density at radius 2 is 1.76 bits per heavy atom. The summed E-state index contributed by atoms with van der Waals surface area (Å²) >= 11 is 0. The molecule has 42 heavy (non-hydrogen) atoms. The van der Waals surface area contributed by atoms with Crippen molar-refractivity contribution in [2.75, 3.05) is 19.8 Å². The van der Waals surface area contributed by atoms with E-state index in [1.165, 1.54) is 0 Å². The maximum Gasteiger partial charge on any atom is 0.491 e. The van der Waals surface area contributed by atoms with Crippen LogP contribution in [0.5, 0.6) is 5.75 Å². The molecule has 2 aliphatic heterocycles. The Bertz CT molecular complexity index is 1450. The van der Waals surface area contributed by atoms with Gasteiger partial charge in [-0.05, 0) is 99.8 Å². The van der Waals surface area contributed by atoms with Gasteiger partial charge in [-0.3, -0.25) is 0 Å². The summed E-state index contributed by atoms with van der Waals surface area (Å²) in [5.74, 6) is 0.0751. The van der Waals surface area contributed by atoms with Crippen molar-refractivity contribution < 1.29 is 32.7 Å². The molecular formula is C31H39BFN3O6. The lowest BCUT2D eigenvalue weighted by Gasteiger charge is -2.32. The van der Waals surface area contributed by atoms with Crippen LogP contribution in [0.3, 0.4) is 0 Å². The van der Waals surface area contributed by atoms with Crippen molar-refractivity contribution in [3.63, 3.8) is 0 Å². The van der Waals surface area contributed by atoms with Crippen LogP contribution in [-0.4, -0.2) is 54.0 Å². The molecule has 3 aromatic rings. The highest BCUT2D eigenvalue weighted by Gasteiger charge is 2.52. The second kappa shape index (κ2) is 12.1. The summed E-state index contributed by atoms with van der Waals surface area (Å²) in [5.41, 5.74) is 8.21. The first-order valence-electron chi connectivity index (χ1n) is 14.5. The molecule has 0 bridgehead atoms. The first-order valence-corrected chi connectivity index (χ1v) is 14.5. The molecule has 1 atom stereocenters. The number of fused-ring (bicyclic) bond motifs is 1. The molecule has 3 heterocycles. The largest absolute Gasteiger partial charge is 0.491 e. The van der Waals surface area contributed by atoms with Gasteiger partial charge >= 0.3 is 13.2 Å². The van der Waals surface area contributed by atoms with E-state index in [2.05, 4.69) is 12.0 Å². The molecule has 0 aliphatic carbocycles. The van der Waals surface area contributed by atoms with E-state index in [9.17, 15) is 4.79 Å². The summed E-state index contributed by atoms with van der Waals surface area (Å²) in [6.07, 6.45) is 2.34. The SMILES string of the molecule is CC/C(B1OC(C)(C)C(C)(C)O1)=C(/c1ccc(OCCOC(N)=O)cc1)c1ccc2c(c1)c(F)nn2C1CCCCO1. The van der Waals surface area contributed by atoms with Crippen LogP contribution in [0.1, 0.15) is 77.7 Å². The van der Waals surface area contributed by atoms with Crippen molar-refractivity contribution in [2.45, 2.75) is 77.7 Å². The van der Waals surface area contributed by atoms with Crippen LogP contribution in [0, 0.1) is 5.95 Å². The number of nitrogens with zero attached hydrogens (tertiary/aromatic N) is 2. The van der Waals surface area contributed by atoms with Crippen molar-refractivity contribution in [2.24, 2.45) is 5.73 Å². The zero-order chi connectivity index (χ0) is 30.1. The Kier molecular flexibility index (Phi) is 8.64. The van der Waals surface area contributed by atoms with E-state index in [-0.39, 0.29) is 19.4 Å². The number of aromatic nitrogens is 2. The van der Waals surface area contributed by atoms with E-state index < -0.39 is 30.4 Å². The maximum atomic E-state index is 15.3. The fraction of sp³-hybridized carbons (Fsp3) is 0.484. The summed E-state index contributed by atoms with van der Waals surface area (Å²) in [5, 5.41) is 4.66. The van der Waals surface area contributed by atoms with Crippen molar-refractivity contribution in [3.05, 3.63) is 65.0 Å². The third-order valence-corrected chi connectivity index (χ3v) is 8.36. The van der Waals surface area contributed by atoms with Crippen molar-refractivity contribution in [3.8, 4) is 5.75 Å². The smallest absolute Gasteiger partial charge is 0.490 e. The van der Waals surface area contributed by atoms with Gasteiger partial charge in [-0.15, -0.1) is 5.10 Å². The van der Waals surface area contributed by atoms with E-state index in [4.69, 9.17) is 29.3 Å². The number of hydrogen-bond donors (Lipinski definition) is 1. The minimum atomic E-state index is -0.844. The molecule has 1 amide bonds. The number of hydrogen-bond acceptors (Lipinski definition) is 7. The van der Waals surface area contributed by atoms with Gasteiger partial charge in [-0.1, -0.05) is 25.1 Å². The lowest BCUT2D eigenvalue weighted by atomic mass is 9.70. The highest BCUT2D eigenvalue weighted by molar-refractivity contribution is 6.56. The molecule has 2 fully saturated rings. The zero-order valence-electron chi connectivity index (χ0n) is 24.9. The molecule has 11 heteroatoms. The number of benzene rings is 2. The van der Waals surface area contributed by atoms with E-state index in [0.717, 1.165) is 41.4 Å². The second-order valence-corrected chi connectivity index (χ2v) is 11.7. The average molecular weight is 579 g/mol. The van der Waals surface area contributed by atoms with Gasteiger partial charge in [0, 0.05) is 6.61 Å². The summed E-state index contributed by atoms with van der Waals surface area (Å²) in [4.78, 5) is 10.8. The molecule has 2 saturated heterocycles. The second-order valence-electron chi connectivity index (χ2n) is 11.7. The Labute approximate surface area is 246 Å². The molecular weight excluding hydrogens is 540 g/mol. The molecule has 5 rings (SSSR count). The third-order valence-electron chi connectivity index (χ3n) is 8.36. The van der Waals surface area contributed by atoms with E-state index in [1.54, 1.807) is 4.68 Å². The number of allylic oxidation sites excluding steroid dienone is 1. The van der Waals surface area contributed by atoms with Crippen LogP contribution in [0.2, 0.25) is 0 Å². The molecule has 0 spiro atoms. The molecule has 0 radical (unpaired) electrons. The van der Waals surface area contributed by atoms with Gasteiger partial charge in [0.1, 0.15) is 19.0 Å². The minimum absolute atomic E-state index is 0.0509. The number of nitrogens with two attached hydrogens (primary N) is 1. The maximum absolute atomic E-state index is 15.3. The zero-order valence-corrected chi connectivity index (χ0v) is 24.9. The Morgan fingerprint density at radius 1 is 1.07 bits per heavy atom. The van der Waals surface area contributed by atoms with Crippen LogP contribution in [0.25, 0.3) is 16.5 Å². The normalized spacial score (nSPS) is 20.4. The number of carbonyl (C=O) groups is 1. The fourth-order valence-corrected chi connectivity index (χ4v) is 5.40. The number of primary amides is 1. The molecule has 9 nitrogen and oxygen atoms in total. The Hall–Kier alpha value is -3.41. The van der Waals surface area contributed by atoms with Gasteiger partial charge in [0.2, 0.25) is 5.95 Å². The lowest BCUT2D eigenvalue weighted by Crippen LogP contribution is -2.41. The minimum Gasteiger partial charge on any atom is -0.490 e. The predicted octanol–water partition coefficient (Wildman–Crippen LogP) is 6.19. The molecule has 0 saturated carbocycles. The molecule has 2 aromatic carbocycles. The first-order chi connectivity index (χ1) is 20.0. The number of amides is 1. The van der Waals surface area contributed by atoms with Crippen molar-refractivity contribution in [1.82, 2.24) is 9.78 Å². The Balaban J connectivity index is 1.56. The van der Waals surface area contributed by atoms with Crippen molar-refractivity contribution in [1.29, 1.82) is 0 Å². The van der Waals surface area contributed by atoms with Gasteiger partial charge in [-0.25, -0.2) is 9.48 Å². The standard InChI is InChI=1S/C31H39BFN3O6/c1-6-24(32-41-30(2,3)31(4,5)42-32)27(20-10-13-22(14-11-20)38-17-18-40-29(34)37)21-12-15-25-23(19-21)28(33)35-36(25)26-9-7-8-16-39-26/h10-15,19,26H,6-9,16-18H2,1-5H3,(H2,34,37)/b27-24+. The number of halogens is 1. The van der Waals surface area contributed by atoms with E-state index in [1.807, 2.05) is 70.2 Å². The summed E-state index contributed by atoms with van der Waals surface area (Å²) in [6, 6.07) is 13.3. The van der Waals surface area contributed by atoms with Gasteiger partial charge in [0.15, 0.2) is 6.23 Å². The number of carbonyl (C=O) groups excluding carboxylic acids is 1. The van der Waals surface area contributed by atoms with Gasteiger partial charge in [-0.2, -0.15) is 4.39 Å². The van der Waals surface area contributed by atoms with E-state index in [0.29, 0.717) is 29.7 Å². The summed E-state index contributed by atoms with van der Waals surface area (Å²) in [6.45, 7) is 11.0. The van der Waals surface area contributed by atoms with Crippen LogP contribution in [0.4, 0.5) is 9.18 Å². The van der Waals surface area contributed by atoms with Crippen LogP contribution in [0.15, 0.2) is 47.9 Å². The highest BCUT2D eigenvalue weighted by Crippen LogP contribution is 2.42. The summed E-state index contributed by atoms with van der Waals surface area (Å²) in [7, 11) is -0.587. The molecule has 224 valence electrons. The number of rotatable bonds is 9. The Morgan fingerprint density at radius 3 is 2.38 bits per heavy atom. The molecule has 1 aromatic heterocycles. The van der Waals surface area contributed by atoms with Gasteiger partial charge in [0.05, 0.1) is 22.1 Å². The molecule has 1 unspecified atom stereocenters. The van der Waals surface area contributed by atoms with Gasteiger partial charge in [0.25, 0.3) is 0 Å². The third kappa shape index (κ3) is 6.04. The van der Waals surface area contributed by atoms with Crippen LogP contribution >= 0.6 is 0 Å².